The summed E-state index contributed by atoms with van der Waals surface area (Å²) in [5.74, 6) is -0.209. The van der Waals surface area contributed by atoms with Crippen LogP contribution in [0, 0.1) is 0 Å². The number of amides is 1. The molecule has 0 radical (unpaired) electrons. The van der Waals surface area contributed by atoms with Gasteiger partial charge in [-0.05, 0) is 41.8 Å². The van der Waals surface area contributed by atoms with Crippen molar-refractivity contribution in [3.05, 3.63) is 123 Å². The summed E-state index contributed by atoms with van der Waals surface area (Å²) < 4.78 is 39.9. The number of alkyl halides is 3. The maximum atomic E-state index is 13.2. The number of nitrogens with one attached hydrogen (secondary N) is 1. The lowest BCUT2D eigenvalue weighted by atomic mass is 10.1. The van der Waals surface area contributed by atoms with E-state index in [4.69, 9.17) is 11.6 Å². The standard InChI is InChI=1S/C30H27ClF3N3O3/c31-24-13-11-22(12-14-24)25-17-28(39)37(27(35-25)10-5-15-30(32,33)34)18-20-6-4-9-23(16-20)29(40)36-26(19-38)21-7-2-1-3-8-21/h1-4,6-9,11-14,16-17,26,38H,5,10,15,18-19H2,(H,36,40). The van der Waals surface area contributed by atoms with Gasteiger partial charge in [-0.1, -0.05) is 66.2 Å². The molecule has 6 nitrogen and oxygen atoms in total. The molecule has 4 rings (SSSR count). The van der Waals surface area contributed by atoms with E-state index >= 15 is 0 Å². The van der Waals surface area contributed by atoms with Crippen molar-refractivity contribution in [1.82, 2.24) is 14.9 Å². The van der Waals surface area contributed by atoms with Gasteiger partial charge < -0.3 is 10.4 Å². The van der Waals surface area contributed by atoms with Crippen molar-refractivity contribution < 1.29 is 23.1 Å². The highest BCUT2D eigenvalue weighted by molar-refractivity contribution is 6.30. The van der Waals surface area contributed by atoms with Crippen LogP contribution in [0.15, 0.2) is 89.7 Å². The molecule has 1 amide bonds. The number of halogens is 4. The monoisotopic (exact) mass is 569 g/mol. The van der Waals surface area contributed by atoms with Crippen LogP contribution < -0.4 is 10.9 Å². The first-order valence-corrected chi connectivity index (χ1v) is 13.0. The minimum atomic E-state index is -4.33. The normalized spacial score (nSPS) is 12.2. The van der Waals surface area contributed by atoms with Crippen LogP contribution in [0.5, 0.6) is 0 Å². The van der Waals surface area contributed by atoms with Gasteiger partial charge in [0.2, 0.25) is 0 Å². The Labute approximate surface area is 234 Å². The summed E-state index contributed by atoms with van der Waals surface area (Å²) in [6, 6.07) is 23.0. The molecule has 0 saturated heterocycles. The van der Waals surface area contributed by atoms with E-state index in [2.05, 4.69) is 10.3 Å². The third-order valence-corrected chi connectivity index (χ3v) is 6.56. The maximum Gasteiger partial charge on any atom is 0.389 e. The van der Waals surface area contributed by atoms with Crippen molar-refractivity contribution in [1.29, 1.82) is 0 Å². The average Bonchev–Trinajstić information content (AvgIpc) is 2.93. The molecule has 10 heteroatoms. The number of benzene rings is 3. The van der Waals surface area contributed by atoms with Crippen LogP contribution in [0.1, 0.15) is 46.2 Å². The molecule has 0 fully saturated rings. The number of aromatic nitrogens is 2. The predicted octanol–water partition coefficient (Wildman–Crippen LogP) is 5.96. The molecule has 0 aliphatic carbocycles. The quantitative estimate of drug-likeness (QED) is 0.247. The molecule has 4 aromatic rings. The van der Waals surface area contributed by atoms with E-state index in [9.17, 15) is 27.9 Å². The Morgan fingerprint density at radius 1 is 1.00 bits per heavy atom. The third-order valence-electron chi connectivity index (χ3n) is 6.31. The first-order chi connectivity index (χ1) is 19.1. The fourth-order valence-electron chi connectivity index (χ4n) is 4.28. The molecule has 1 heterocycles. The summed E-state index contributed by atoms with van der Waals surface area (Å²) in [7, 11) is 0. The van der Waals surface area contributed by atoms with Gasteiger partial charge in [-0.2, -0.15) is 13.2 Å². The third kappa shape index (κ3) is 7.80. The van der Waals surface area contributed by atoms with Crippen molar-refractivity contribution >= 4 is 17.5 Å². The summed E-state index contributed by atoms with van der Waals surface area (Å²) in [6.07, 6.45) is -5.62. The van der Waals surface area contributed by atoms with Crippen LogP contribution in [0.2, 0.25) is 5.02 Å². The van der Waals surface area contributed by atoms with Gasteiger partial charge in [0.25, 0.3) is 11.5 Å². The van der Waals surface area contributed by atoms with E-state index in [1.807, 2.05) is 6.07 Å². The lowest BCUT2D eigenvalue weighted by Crippen LogP contribution is -2.31. The maximum absolute atomic E-state index is 13.2. The number of aryl methyl sites for hydroxylation is 1. The molecular weight excluding hydrogens is 543 g/mol. The van der Waals surface area contributed by atoms with Gasteiger partial charge in [-0.15, -0.1) is 0 Å². The molecule has 0 spiro atoms. The van der Waals surface area contributed by atoms with E-state index < -0.39 is 30.1 Å². The number of aliphatic hydroxyl groups excluding tert-OH is 1. The Balaban J connectivity index is 1.60. The van der Waals surface area contributed by atoms with Gasteiger partial charge in [0, 0.05) is 35.1 Å². The summed E-state index contributed by atoms with van der Waals surface area (Å²) in [5.41, 5.74) is 2.17. The van der Waals surface area contributed by atoms with E-state index in [0.717, 1.165) is 5.56 Å². The van der Waals surface area contributed by atoms with Gasteiger partial charge in [-0.3, -0.25) is 14.2 Å². The average molecular weight is 570 g/mol. The van der Waals surface area contributed by atoms with Crippen LogP contribution in [0.4, 0.5) is 13.2 Å². The SMILES string of the molecule is O=C(NC(CO)c1ccccc1)c1cccc(Cn2c(CCCC(F)(F)F)nc(-c3ccc(Cl)cc3)cc2=O)c1. The van der Waals surface area contributed by atoms with Gasteiger partial charge in [0.1, 0.15) is 5.82 Å². The zero-order valence-corrected chi connectivity index (χ0v) is 22.1. The lowest BCUT2D eigenvalue weighted by Gasteiger charge is -2.17. The highest BCUT2D eigenvalue weighted by atomic mass is 35.5. The molecule has 3 aromatic carbocycles. The van der Waals surface area contributed by atoms with E-state index in [1.54, 1.807) is 72.8 Å². The molecule has 1 atom stereocenters. The Hall–Kier alpha value is -3.95. The molecule has 1 unspecified atom stereocenters. The second-order valence-electron chi connectivity index (χ2n) is 9.28. The molecule has 1 aromatic heterocycles. The highest BCUT2D eigenvalue weighted by Gasteiger charge is 2.26. The largest absolute Gasteiger partial charge is 0.394 e. The molecule has 2 N–H and O–H groups in total. The first-order valence-electron chi connectivity index (χ1n) is 12.6. The van der Waals surface area contributed by atoms with E-state index in [0.29, 0.717) is 27.4 Å². The molecule has 208 valence electrons. The Morgan fingerprint density at radius 3 is 2.40 bits per heavy atom. The number of carbonyl (C=O) groups excluding carboxylic acids is 1. The van der Waals surface area contributed by atoms with Crippen molar-refractivity contribution in [3.8, 4) is 11.3 Å². The van der Waals surface area contributed by atoms with Crippen molar-refractivity contribution in [2.75, 3.05) is 6.61 Å². The van der Waals surface area contributed by atoms with Crippen molar-refractivity contribution in [3.63, 3.8) is 0 Å². The molecule has 40 heavy (non-hydrogen) atoms. The van der Waals surface area contributed by atoms with Crippen LogP contribution in [-0.4, -0.2) is 33.3 Å². The number of hydrogen-bond acceptors (Lipinski definition) is 4. The summed E-state index contributed by atoms with van der Waals surface area (Å²) in [6.45, 7) is -0.283. The zero-order valence-electron chi connectivity index (χ0n) is 21.4. The molecule has 0 saturated carbocycles. The fourth-order valence-corrected chi connectivity index (χ4v) is 4.41. The lowest BCUT2D eigenvalue weighted by molar-refractivity contribution is -0.135. The second-order valence-corrected chi connectivity index (χ2v) is 9.71. The summed E-state index contributed by atoms with van der Waals surface area (Å²) in [5, 5.41) is 13.1. The minimum Gasteiger partial charge on any atom is -0.394 e. The molecule has 0 bridgehead atoms. The van der Waals surface area contributed by atoms with Gasteiger partial charge in [0.05, 0.1) is 24.9 Å². The summed E-state index contributed by atoms with van der Waals surface area (Å²) in [4.78, 5) is 30.7. The smallest absolute Gasteiger partial charge is 0.389 e. The van der Waals surface area contributed by atoms with Gasteiger partial charge in [0.15, 0.2) is 0 Å². The number of rotatable bonds is 10. The van der Waals surface area contributed by atoms with Crippen LogP contribution in [0.3, 0.4) is 0 Å². The minimum absolute atomic E-state index is 0.0112. The number of nitrogens with zero attached hydrogens (tertiary/aromatic N) is 2. The molecule has 0 aliphatic heterocycles. The van der Waals surface area contributed by atoms with Gasteiger partial charge >= 0.3 is 6.18 Å². The second kappa shape index (κ2) is 12.9. The topological polar surface area (TPSA) is 84.2 Å². The molecule has 0 aliphatic rings. The number of hydrogen-bond donors (Lipinski definition) is 2. The van der Waals surface area contributed by atoms with Crippen molar-refractivity contribution in [2.24, 2.45) is 0 Å². The predicted molar refractivity (Wildman–Crippen MR) is 147 cm³/mol. The molecular formula is C30H27ClF3N3O3. The Bertz CT molecular complexity index is 1510. The van der Waals surface area contributed by atoms with Crippen LogP contribution in [-0.2, 0) is 13.0 Å². The highest BCUT2D eigenvalue weighted by Crippen LogP contribution is 2.24. The van der Waals surface area contributed by atoms with E-state index in [-0.39, 0.29) is 31.8 Å². The number of carbonyl (C=O) groups is 1. The van der Waals surface area contributed by atoms with Crippen LogP contribution >= 0.6 is 11.6 Å². The Kier molecular flexibility index (Phi) is 9.39. The van der Waals surface area contributed by atoms with Crippen LogP contribution in [0.25, 0.3) is 11.3 Å². The Morgan fingerprint density at radius 2 is 1.73 bits per heavy atom. The first kappa shape index (κ1) is 29.0. The fraction of sp³-hybridized carbons (Fsp3) is 0.233. The van der Waals surface area contributed by atoms with E-state index in [1.165, 1.54) is 10.6 Å². The zero-order chi connectivity index (χ0) is 28.7. The summed E-state index contributed by atoms with van der Waals surface area (Å²) >= 11 is 5.96. The number of aliphatic hydroxyl groups is 1. The van der Waals surface area contributed by atoms with Crippen molar-refractivity contribution in [2.45, 2.75) is 38.0 Å². The van der Waals surface area contributed by atoms with Gasteiger partial charge in [-0.25, -0.2) is 4.98 Å².